The topological polar surface area (TPSA) is 17.0 Å². The first-order valence-electron chi connectivity index (χ1n) is 7.61. The predicted octanol–water partition coefficient (Wildman–Crippen LogP) is 3.98. The number of nitrogens with zero attached hydrogens (tertiary/aromatic N) is 1. The Bertz CT molecular complexity index is 577. The van der Waals surface area contributed by atoms with E-state index < -0.39 is 0 Å². The van der Waals surface area contributed by atoms with Gasteiger partial charge < -0.3 is 9.88 Å². The summed E-state index contributed by atoms with van der Waals surface area (Å²) >= 11 is 0. The summed E-state index contributed by atoms with van der Waals surface area (Å²) in [5, 5.41) is 3.69. The third-order valence-electron chi connectivity index (χ3n) is 4.51. The van der Waals surface area contributed by atoms with Crippen molar-refractivity contribution < 1.29 is 0 Å². The molecule has 2 aromatic rings. The van der Waals surface area contributed by atoms with E-state index in [0.717, 1.165) is 18.5 Å². The van der Waals surface area contributed by atoms with E-state index in [1.54, 1.807) is 0 Å². The highest BCUT2D eigenvalue weighted by Gasteiger charge is 2.24. The average Bonchev–Trinajstić information content (AvgIpc) is 2.69. The standard InChI is InChI=1S/C18H24N2/c1-13-9-17(10-13)19-12-16-11-14(2)20(15(16)3)18-7-5-4-6-8-18/h4-8,11,13,17,19H,9-10,12H2,1-3H3. The van der Waals surface area contributed by atoms with Crippen LogP contribution in [0.5, 0.6) is 0 Å². The summed E-state index contributed by atoms with van der Waals surface area (Å²) in [5.41, 5.74) is 5.35. The molecule has 3 rings (SSSR count). The van der Waals surface area contributed by atoms with Crippen LogP contribution in [0.4, 0.5) is 0 Å². The molecule has 1 N–H and O–H groups in total. The zero-order valence-electron chi connectivity index (χ0n) is 12.7. The quantitative estimate of drug-likeness (QED) is 0.887. The zero-order valence-corrected chi connectivity index (χ0v) is 12.7. The third-order valence-corrected chi connectivity index (χ3v) is 4.51. The Kier molecular flexibility index (Phi) is 3.66. The molecule has 0 saturated heterocycles. The molecule has 0 atom stereocenters. The van der Waals surface area contributed by atoms with Crippen LogP contribution in [0, 0.1) is 19.8 Å². The maximum atomic E-state index is 3.69. The highest BCUT2D eigenvalue weighted by atomic mass is 15.0. The highest BCUT2D eigenvalue weighted by molar-refractivity contribution is 5.40. The molecule has 0 amide bonds. The summed E-state index contributed by atoms with van der Waals surface area (Å²) in [6.45, 7) is 7.73. The number of aryl methyl sites for hydroxylation is 1. The Hall–Kier alpha value is -1.54. The molecule has 0 unspecified atom stereocenters. The minimum Gasteiger partial charge on any atom is -0.318 e. The fourth-order valence-corrected chi connectivity index (χ4v) is 3.31. The molecule has 1 aromatic heterocycles. The first-order chi connectivity index (χ1) is 9.65. The normalized spacial score (nSPS) is 21.8. The largest absolute Gasteiger partial charge is 0.318 e. The van der Waals surface area contributed by atoms with Gasteiger partial charge in [0.15, 0.2) is 0 Å². The number of aromatic nitrogens is 1. The minimum absolute atomic E-state index is 0.727. The Morgan fingerprint density at radius 2 is 1.85 bits per heavy atom. The molecule has 1 fully saturated rings. The Morgan fingerprint density at radius 3 is 2.50 bits per heavy atom. The van der Waals surface area contributed by atoms with Crippen molar-refractivity contribution >= 4 is 0 Å². The van der Waals surface area contributed by atoms with Crippen LogP contribution in [-0.4, -0.2) is 10.6 Å². The van der Waals surface area contributed by atoms with Crippen molar-refractivity contribution in [2.24, 2.45) is 5.92 Å². The Morgan fingerprint density at radius 1 is 1.15 bits per heavy atom. The molecular weight excluding hydrogens is 244 g/mol. The molecular formula is C18H24N2. The summed E-state index contributed by atoms with van der Waals surface area (Å²) in [6, 6.07) is 13.7. The minimum atomic E-state index is 0.727. The molecule has 0 spiro atoms. The molecule has 2 nitrogen and oxygen atoms in total. The molecule has 1 aliphatic rings. The third kappa shape index (κ3) is 2.53. The van der Waals surface area contributed by atoms with Crippen molar-refractivity contribution in [2.75, 3.05) is 0 Å². The van der Waals surface area contributed by atoms with Gasteiger partial charge in [0.25, 0.3) is 0 Å². The molecule has 1 aromatic carbocycles. The van der Waals surface area contributed by atoms with Crippen LogP contribution in [0.1, 0.15) is 36.7 Å². The van der Waals surface area contributed by atoms with Crippen molar-refractivity contribution in [3.8, 4) is 5.69 Å². The van der Waals surface area contributed by atoms with Gasteiger partial charge in [-0.05, 0) is 56.4 Å². The number of benzene rings is 1. The molecule has 0 radical (unpaired) electrons. The van der Waals surface area contributed by atoms with Gasteiger partial charge in [-0.1, -0.05) is 25.1 Å². The summed E-state index contributed by atoms with van der Waals surface area (Å²) < 4.78 is 2.35. The smallest absolute Gasteiger partial charge is 0.0455 e. The molecule has 1 saturated carbocycles. The van der Waals surface area contributed by atoms with Gasteiger partial charge in [0.1, 0.15) is 0 Å². The van der Waals surface area contributed by atoms with Gasteiger partial charge in [-0.15, -0.1) is 0 Å². The van der Waals surface area contributed by atoms with Crippen molar-refractivity contribution in [3.63, 3.8) is 0 Å². The number of nitrogens with one attached hydrogen (secondary N) is 1. The van der Waals surface area contributed by atoms with Crippen molar-refractivity contribution in [1.29, 1.82) is 0 Å². The van der Waals surface area contributed by atoms with E-state index in [9.17, 15) is 0 Å². The summed E-state index contributed by atoms with van der Waals surface area (Å²) in [5.74, 6) is 0.907. The van der Waals surface area contributed by atoms with Gasteiger partial charge in [-0.2, -0.15) is 0 Å². The predicted molar refractivity (Wildman–Crippen MR) is 84.3 cm³/mol. The van der Waals surface area contributed by atoms with E-state index in [4.69, 9.17) is 0 Å². The number of para-hydroxylation sites is 1. The fourth-order valence-electron chi connectivity index (χ4n) is 3.31. The molecule has 106 valence electrons. The fraction of sp³-hybridized carbons (Fsp3) is 0.444. The van der Waals surface area contributed by atoms with Gasteiger partial charge >= 0.3 is 0 Å². The first-order valence-corrected chi connectivity index (χ1v) is 7.61. The van der Waals surface area contributed by atoms with E-state index in [0.29, 0.717) is 0 Å². The Labute approximate surface area is 121 Å². The second-order valence-electron chi connectivity index (χ2n) is 6.22. The maximum Gasteiger partial charge on any atom is 0.0455 e. The summed E-state index contributed by atoms with van der Waals surface area (Å²) in [7, 11) is 0. The van der Waals surface area contributed by atoms with Crippen molar-refractivity contribution in [1.82, 2.24) is 9.88 Å². The SMILES string of the molecule is Cc1cc(CNC2CC(C)C2)c(C)n1-c1ccccc1. The number of hydrogen-bond acceptors (Lipinski definition) is 1. The zero-order chi connectivity index (χ0) is 14.1. The summed E-state index contributed by atoms with van der Waals surface area (Å²) in [4.78, 5) is 0. The molecule has 1 aliphatic carbocycles. The van der Waals surface area contributed by atoms with Gasteiger partial charge in [0.05, 0.1) is 0 Å². The van der Waals surface area contributed by atoms with E-state index in [2.05, 4.69) is 67.1 Å². The van der Waals surface area contributed by atoms with Crippen LogP contribution in [-0.2, 0) is 6.54 Å². The summed E-state index contributed by atoms with van der Waals surface area (Å²) in [6.07, 6.45) is 2.66. The molecule has 20 heavy (non-hydrogen) atoms. The Balaban J connectivity index is 1.77. The van der Waals surface area contributed by atoms with Crippen LogP contribution in [0.3, 0.4) is 0 Å². The van der Waals surface area contributed by atoms with Crippen molar-refractivity contribution in [3.05, 3.63) is 53.3 Å². The van der Waals surface area contributed by atoms with Gasteiger partial charge in [-0.25, -0.2) is 0 Å². The maximum absolute atomic E-state index is 3.69. The molecule has 2 heteroatoms. The first kappa shape index (κ1) is 13.4. The van der Waals surface area contributed by atoms with Crippen LogP contribution in [0.2, 0.25) is 0 Å². The van der Waals surface area contributed by atoms with Crippen LogP contribution in [0.15, 0.2) is 36.4 Å². The molecule has 1 heterocycles. The lowest BCUT2D eigenvalue weighted by molar-refractivity contribution is 0.240. The van der Waals surface area contributed by atoms with Gasteiger partial charge in [0.2, 0.25) is 0 Å². The monoisotopic (exact) mass is 268 g/mol. The van der Waals surface area contributed by atoms with Crippen molar-refractivity contribution in [2.45, 2.75) is 46.2 Å². The van der Waals surface area contributed by atoms with Crippen LogP contribution >= 0.6 is 0 Å². The lowest BCUT2D eigenvalue weighted by Crippen LogP contribution is -2.39. The van der Waals surface area contributed by atoms with Gasteiger partial charge in [-0.3, -0.25) is 0 Å². The average molecular weight is 268 g/mol. The lowest BCUT2D eigenvalue weighted by atomic mass is 9.82. The second-order valence-corrected chi connectivity index (χ2v) is 6.22. The number of rotatable bonds is 4. The van der Waals surface area contributed by atoms with E-state index in [1.807, 2.05) is 0 Å². The van der Waals surface area contributed by atoms with E-state index >= 15 is 0 Å². The van der Waals surface area contributed by atoms with Crippen LogP contribution in [0.25, 0.3) is 5.69 Å². The lowest BCUT2D eigenvalue weighted by Gasteiger charge is -2.33. The van der Waals surface area contributed by atoms with Crippen LogP contribution < -0.4 is 5.32 Å². The number of hydrogen-bond donors (Lipinski definition) is 1. The molecule has 0 bridgehead atoms. The highest BCUT2D eigenvalue weighted by Crippen LogP contribution is 2.27. The molecule has 0 aliphatic heterocycles. The van der Waals surface area contributed by atoms with E-state index in [1.165, 1.54) is 35.5 Å². The van der Waals surface area contributed by atoms with Gasteiger partial charge in [0, 0.05) is 29.7 Å². The van der Waals surface area contributed by atoms with E-state index in [-0.39, 0.29) is 0 Å². The second kappa shape index (κ2) is 5.45.